The first kappa shape index (κ1) is 12.2. The third-order valence-electron chi connectivity index (χ3n) is 5.53. The quantitative estimate of drug-likeness (QED) is 0.569. The third kappa shape index (κ3) is 1.69. The van der Waals surface area contributed by atoms with E-state index in [1.165, 1.54) is 19.3 Å². The highest BCUT2D eigenvalue weighted by Gasteiger charge is 2.92. The second-order valence-electron chi connectivity index (χ2n) is 6.94. The van der Waals surface area contributed by atoms with Crippen LogP contribution in [0.2, 0.25) is 0 Å². The molecule has 4 aliphatic rings. The van der Waals surface area contributed by atoms with Crippen LogP contribution in [-0.4, -0.2) is 23.6 Å². The molecule has 0 bridgehead atoms. The van der Waals surface area contributed by atoms with E-state index in [0.29, 0.717) is 18.3 Å². The van der Waals surface area contributed by atoms with Crippen LogP contribution >= 0.6 is 0 Å². The normalized spacial score (nSPS) is 54.8. The Kier molecular flexibility index (Phi) is 2.39. The zero-order valence-corrected chi connectivity index (χ0v) is 11.7. The van der Waals surface area contributed by atoms with Gasteiger partial charge in [0.15, 0.2) is 0 Å². The van der Waals surface area contributed by atoms with E-state index in [1.807, 2.05) is 0 Å². The molecule has 19 heavy (non-hydrogen) atoms. The highest BCUT2D eigenvalue weighted by molar-refractivity contribution is 5.74. The standard InChI is InChI=1S/C15H22O4/c1-9-5-3-4-6-12(9)17-13(16)11-8-15-14(18-15,19-15)7-10(11)2/h9-12H,3-8H2,1-2H3. The Hall–Kier alpha value is -0.610. The summed E-state index contributed by atoms with van der Waals surface area (Å²) < 4.78 is 16.9. The molecular weight excluding hydrogens is 244 g/mol. The van der Waals surface area contributed by atoms with Crippen LogP contribution in [0.4, 0.5) is 0 Å². The van der Waals surface area contributed by atoms with Gasteiger partial charge in [0, 0.05) is 12.8 Å². The summed E-state index contributed by atoms with van der Waals surface area (Å²) in [4.78, 5) is 12.4. The average Bonchev–Trinajstić information content (AvgIpc) is 3.16. The summed E-state index contributed by atoms with van der Waals surface area (Å²) in [6, 6.07) is 0. The van der Waals surface area contributed by atoms with Gasteiger partial charge < -0.3 is 14.2 Å². The van der Waals surface area contributed by atoms with Crippen molar-refractivity contribution in [3.63, 3.8) is 0 Å². The molecule has 0 aromatic carbocycles. The molecule has 0 aromatic heterocycles. The van der Waals surface area contributed by atoms with Crippen molar-refractivity contribution >= 4 is 5.97 Å². The maximum Gasteiger partial charge on any atom is 0.309 e. The van der Waals surface area contributed by atoms with Crippen LogP contribution in [0.1, 0.15) is 52.4 Å². The van der Waals surface area contributed by atoms with Gasteiger partial charge in [0.1, 0.15) is 6.10 Å². The van der Waals surface area contributed by atoms with Crippen LogP contribution in [0.15, 0.2) is 0 Å². The third-order valence-corrected chi connectivity index (χ3v) is 5.53. The fourth-order valence-corrected chi connectivity index (χ4v) is 4.03. The molecular formula is C15H22O4. The Bertz CT molecular complexity index is 412. The first-order valence-electron chi connectivity index (χ1n) is 7.66. The van der Waals surface area contributed by atoms with Crippen molar-refractivity contribution < 1.29 is 19.0 Å². The van der Waals surface area contributed by atoms with E-state index in [1.54, 1.807) is 0 Å². The smallest absolute Gasteiger partial charge is 0.309 e. The van der Waals surface area contributed by atoms with E-state index in [-0.39, 0.29) is 29.6 Å². The molecule has 0 amide bonds. The average molecular weight is 266 g/mol. The minimum Gasteiger partial charge on any atom is -0.462 e. The van der Waals surface area contributed by atoms with Gasteiger partial charge in [-0.2, -0.15) is 0 Å². The summed E-state index contributed by atoms with van der Waals surface area (Å²) in [5.74, 6) is 0.0445. The number of esters is 1. The van der Waals surface area contributed by atoms with Crippen molar-refractivity contribution in [2.45, 2.75) is 70.1 Å². The minimum atomic E-state index is -0.388. The minimum absolute atomic E-state index is 0.0276. The maximum atomic E-state index is 12.4. The fraction of sp³-hybridized carbons (Fsp3) is 0.933. The summed E-state index contributed by atoms with van der Waals surface area (Å²) in [6.45, 7) is 4.30. The first-order chi connectivity index (χ1) is 9.05. The van der Waals surface area contributed by atoms with Crippen LogP contribution in [-0.2, 0) is 19.0 Å². The summed E-state index contributed by atoms with van der Waals surface area (Å²) in [5, 5.41) is 0. The zero-order chi connectivity index (χ0) is 13.3. The van der Waals surface area contributed by atoms with Crippen molar-refractivity contribution in [1.29, 1.82) is 0 Å². The predicted molar refractivity (Wildman–Crippen MR) is 67.0 cm³/mol. The van der Waals surface area contributed by atoms with Gasteiger partial charge in [-0.3, -0.25) is 4.79 Å². The monoisotopic (exact) mass is 266 g/mol. The number of carbonyl (C=O) groups excluding carboxylic acids is 1. The van der Waals surface area contributed by atoms with Gasteiger partial charge in [-0.05, 0) is 31.1 Å². The number of ether oxygens (including phenoxy) is 3. The lowest BCUT2D eigenvalue weighted by Crippen LogP contribution is -2.35. The fourth-order valence-electron chi connectivity index (χ4n) is 4.03. The number of hydrogen-bond donors (Lipinski definition) is 0. The van der Waals surface area contributed by atoms with Gasteiger partial charge in [-0.1, -0.05) is 20.3 Å². The van der Waals surface area contributed by atoms with E-state index in [4.69, 9.17) is 14.2 Å². The number of hydrogen-bond acceptors (Lipinski definition) is 4. The lowest BCUT2D eigenvalue weighted by molar-refractivity contribution is -0.161. The molecule has 0 N–H and O–H groups in total. The molecule has 2 heterocycles. The van der Waals surface area contributed by atoms with Gasteiger partial charge in [-0.25, -0.2) is 0 Å². The second kappa shape index (κ2) is 3.73. The van der Waals surface area contributed by atoms with Crippen molar-refractivity contribution in [3.8, 4) is 0 Å². The molecule has 4 atom stereocenters. The van der Waals surface area contributed by atoms with Crippen LogP contribution in [0, 0.1) is 17.8 Å². The van der Waals surface area contributed by atoms with Gasteiger partial charge in [-0.15, -0.1) is 0 Å². The summed E-state index contributed by atoms with van der Waals surface area (Å²) in [5.41, 5.74) is 0. The lowest BCUT2D eigenvalue weighted by atomic mass is 9.80. The Morgan fingerprint density at radius 2 is 1.74 bits per heavy atom. The topological polar surface area (TPSA) is 51.4 Å². The number of rotatable bonds is 2. The largest absolute Gasteiger partial charge is 0.462 e. The SMILES string of the molecule is CC1CCCCC1OC(=O)C1CC23OC2(CC1C)O3. The van der Waals surface area contributed by atoms with E-state index in [0.717, 1.165) is 12.8 Å². The molecule has 106 valence electrons. The van der Waals surface area contributed by atoms with E-state index in [9.17, 15) is 4.79 Å². The second-order valence-corrected chi connectivity index (χ2v) is 6.94. The first-order valence-corrected chi connectivity index (χ1v) is 7.66. The Balaban J connectivity index is 1.40. The van der Waals surface area contributed by atoms with Crippen molar-refractivity contribution in [3.05, 3.63) is 0 Å². The molecule has 4 unspecified atom stereocenters. The molecule has 0 spiro atoms. The summed E-state index contributed by atoms with van der Waals surface area (Å²) >= 11 is 0. The molecule has 4 nitrogen and oxygen atoms in total. The van der Waals surface area contributed by atoms with Crippen molar-refractivity contribution in [1.82, 2.24) is 0 Å². The van der Waals surface area contributed by atoms with Crippen LogP contribution in [0.25, 0.3) is 0 Å². The molecule has 2 saturated carbocycles. The molecule has 0 radical (unpaired) electrons. The Labute approximate surface area is 113 Å². The Morgan fingerprint density at radius 3 is 2.47 bits per heavy atom. The number of carbonyl (C=O) groups is 1. The van der Waals surface area contributed by atoms with Gasteiger partial charge in [0.25, 0.3) is 0 Å². The summed E-state index contributed by atoms with van der Waals surface area (Å²) in [6.07, 6.45) is 6.30. The lowest BCUT2D eigenvalue weighted by Gasteiger charge is -2.31. The van der Waals surface area contributed by atoms with E-state index in [2.05, 4.69) is 13.8 Å². The molecule has 2 aliphatic heterocycles. The molecule has 2 saturated heterocycles. The van der Waals surface area contributed by atoms with Gasteiger partial charge >= 0.3 is 5.97 Å². The molecule has 4 fully saturated rings. The highest BCUT2D eigenvalue weighted by atomic mass is 17.0. The predicted octanol–water partition coefficient (Wildman–Crippen LogP) is 2.61. The van der Waals surface area contributed by atoms with Crippen LogP contribution in [0.3, 0.4) is 0 Å². The molecule has 4 rings (SSSR count). The molecule has 2 aliphatic carbocycles. The van der Waals surface area contributed by atoms with E-state index < -0.39 is 0 Å². The number of epoxide rings is 2. The van der Waals surface area contributed by atoms with Crippen LogP contribution in [0.5, 0.6) is 0 Å². The van der Waals surface area contributed by atoms with Crippen molar-refractivity contribution in [2.24, 2.45) is 17.8 Å². The summed E-state index contributed by atoms with van der Waals surface area (Å²) in [7, 11) is 0. The zero-order valence-electron chi connectivity index (χ0n) is 11.7. The van der Waals surface area contributed by atoms with Gasteiger partial charge in [0.05, 0.1) is 5.92 Å². The molecule has 4 heteroatoms. The van der Waals surface area contributed by atoms with E-state index >= 15 is 0 Å². The molecule has 0 aromatic rings. The van der Waals surface area contributed by atoms with Gasteiger partial charge in [0.2, 0.25) is 11.6 Å². The maximum absolute atomic E-state index is 12.4. The highest BCUT2D eigenvalue weighted by Crippen LogP contribution is 2.75. The van der Waals surface area contributed by atoms with Crippen LogP contribution < -0.4 is 0 Å². The Morgan fingerprint density at radius 1 is 1.05 bits per heavy atom. The van der Waals surface area contributed by atoms with Crippen molar-refractivity contribution in [2.75, 3.05) is 0 Å².